The molecule has 4 aromatic carbocycles. The summed E-state index contributed by atoms with van der Waals surface area (Å²) in [6, 6.07) is 25.7. The van der Waals surface area contributed by atoms with E-state index in [1.165, 1.54) is 12.4 Å². The second kappa shape index (κ2) is 13.9. The Hall–Kier alpha value is -4.64. The van der Waals surface area contributed by atoms with Gasteiger partial charge in [-0.25, -0.2) is 18.7 Å². The van der Waals surface area contributed by atoms with Gasteiger partial charge in [0.2, 0.25) is 0 Å². The number of carbonyl (C=O) groups is 1. The third kappa shape index (κ3) is 6.16. The standard InChI is InChI=1S/C39H39ClF2N4O3Si/c1-25(23-47)38(48)45-19-20-46(26(2)22-45)37-29-21-30(40)33(35(42)36(29)43-24-44-37)34-31(41)17-12-18-32(34)49-50(39(3,4)5,27-13-8-6-9-14-27)28-15-10-7-11-16-28/h6-18,21,24,26,47H,1,19-20,22-23H2,2-5H3/t26-/m0/s1. The van der Waals surface area contributed by atoms with Gasteiger partial charge in [0.15, 0.2) is 5.82 Å². The Morgan fingerprint density at radius 3 is 2.20 bits per heavy atom. The van der Waals surface area contributed by atoms with Gasteiger partial charge in [-0.1, -0.05) is 106 Å². The molecule has 1 atom stereocenters. The molecule has 1 saturated heterocycles. The van der Waals surface area contributed by atoms with Crippen molar-refractivity contribution in [3.8, 4) is 16.9 Å². The lowest BCUT2D eigenvalue weighted by molar-refractivity contribution is -0.128. The van der Waals surface area contributed by atoms with Crippen LogP contribution in [0.2, 0.25) is 10.1 Å². The quantitative estimate of drug-likeness (QED) is 0.142. The molecule has 2 heterocycles. The molecule has 5 aromatic rings. The second-order valence-corrected chi connectivity index (χ2v) is 18.2. The van der Waals surface area contributed by atoms with E-state index in [9.17, 15) is 9.90 Å². The Morgan fingerprint density at radius 1 is 0.980 bits per heavy atom. The number of benzene rings is 4. The number of hydrogen-bond donors (Lipinski definition) is 1. The van der Waals surface area contributed by atoms with Crippen LogP contribution in [0.3, 0.4) is 0 Å². The van der Waals surface area contributed by atoms with Crippen molar-refractivity contribution in [1.29, 1.82) is 0 Å². The topological polar surface area (TPSA) is 78.8 Å². The number of rotatable bonds is 8. The third-order valence-corrected chi connectivity index (χ3v) is 14.6. The largest absolute Gasteiger partial charge is 0.533 e. The zero-order chi connectivity index (χ0) is 35.8. The molecule has 7 nitrogen and oxygen atoms in total. The van der Waals surface area contributed by atoms with Gasteiger partial charge in [-0.05, 0) is 40.5 Å². The lowest BCUT2D eigenvalue weighted by atomic mass is 10.0. The first-order valence-corrected chi connectivity index (χ1v) is 18.7. The number of amides is 1. The van der Waals surface area contributed by atoms with E-state index in [1.54, 1.807) is 23.1 Å². The van der Waals surface area contributed by atoms with Crippen LogP contribution >= 0.6 is 11.6 Å². The van der Waals surface area contributed by atoms with Crippen molar-refractivity contribution in [3.05, 3.63) is 120 Å². The van der Waals surface area contributed by atoms with E-state index in [1.807, 2.05) is 72.5 Å². The molecule has 1 amide bonds. The van der Waals surface area contributed by atoms with Crippen LogP contribution in [0, 0.1) is 11.6 Å². The van der Waals surface area contributed by atoms with Gasteiger partial charge < -0.3 is 19.3 Å². The normalized spacial score (nSPS) is 15.3. The number of carbonyl (C=O) groups excluding carboxylic acids is 1. The molecule has 1 aliphatic rings. The van der Waals surface area contributed by atoms with E-state index in [-0.39, 0.29) is 44.9 Å². The van der Waals surface area contributed by atoms with E-state index in [4.69, 9.17) is 16.0 Å². The molecule has 0 spiro atoms. The second-order valence-electron chi connectivity index (χ2n) is 13.6. The van der Waals surface area contributed by atoms with E-state index in [2.05, 4.69) is 37.3 Å². The van der Waals surface area contributed by atoms with Crippen molar-refractivity contribution < 1.29 is 23.1 Å². The zero-order valence-electron chi connectivity index (χ0n) is 28.5. The Kier molecular flexibility index (Phi) is 9.81. The Morgan fingerprint density at radius 2 is 1.62 bits per heavy atom. The van der Waals surface area contributed by atoms with Crippen LogP contribution in [-0.4, -0.2) is 66.5 Å². The Balaban J connectivity index is 1.48. The summed E-state index contributed by atoms with van der Waals surface area (Å²) < 4.78 is 40.3. The summed E-state index contributed by atoms with van der Waals surface area (Å²) in [4.78, 5) is 25.1. The average molecular weight is 713 g/mol. The Labute approximate surface area is 297 Å². The highest BCUT2D eigenvalue weighted by Crippen LogP contribution is 2.45. The predicted molar refractivity (Wildman–Crippen MR) is 198 cm³/mol. The number of piperazine rings is 1. The van der Waals surface area contributed by atoms with E-state index >= 15 is 8.78 Å². The molecule has 0 aliphatic carbocycles. The van der Waals surface area contributed by atoms with Crippen molar-refractivity contribution in [3.63, 3.8) is 0 Å². The average Bonchev–Trinajstić information content (AvgIpc) is 3.11. The van der Waals surface area contributed by atoms with Crippen LogP contribution in [0.4, 0.5) is 14.6 Å². The third-order valence-electron chi connectivity index (χ3n) is 9.39. The predicted octanol–water partition coefficient (Wildman–Crippen LogP) is 6.75. The maximum Gasteiger partial charge on any atom is 0.319 e. The van der Waals surface area contributed by atoms with Gasteiger partial charge in [-0.3, -0.25) is 4.79 Å². The fourth-order valence-corrected chi connectivity index (χ4v) is 11.7. The highest BCUT2D eigenvalue weighted by atomic mass is 35.5. The van der Waals surface area contributed by atoms with Gasteiger partial charge in [0.1, 0.15) is 29.2 Å². The Bertz CT molecular complexity index is 2020. The monoisotopic (exact) mass is 712 g/mol. The minimum atomic E-state index is -3.24. The van der Waals surface area contributed by atoms with Crippen molar-refractivity contribution in [2.75, 3.05) is 31.1 Å². The maximum absolute atomic E-state index is 16.9. The number of aliphatic hydroxyl groups is 1. The van der Waals surface area contributed by atoms with Crippen LogP contribution in [0.1, 0.15) is 27.7 Å². The molecule has 0 radical (unpaired) electrons. The van der Waals surface area contributed by atoms with Crippen molar-refractivity contribution in [2.24, 2.45) is 0 Å². The first kappa shape index (κ1) is 35.2. The number of aromatic nitrogens is 2. The number of halogens is 3. The number of fused-ring (bicyclic) bond motifs is 1. The van der Waals surface area contributed by atoms with Crippen LogP contribution in [0.15, 0.2) is 103 Å². The van der Waals surface area contributed by atoms with Crippen LogP contribution in [0.25, 0.3) is 22.0 Å². The van der Waals surface area contributed by atoms with E-state index < -0.39 is 31.6 Å². The molecule has 0 unspecified atom stereocenters. The minimum absolute atomic E-state index is 0.0200. The van der Waals surface area contributed by atoms with Crippen molar-refractivity contribution in [1.82, 2.24) is 14.9 Å². The zero-order valence-corrected chi connectivity index (χ0v) is 30.2. The highest BCUT2D eigenvalue weighted by molar-refractivity contribution is 7.00. The van der Waals surface area contributed by atoms with E-state index in [0.29, 0.717) is 30.8 Å². The molecule has 6 rings (SSSR count). The van der Waals surface area contributed by atoms with Crippen LogP contribution < -0.4 is 19.7 Å². The van der Waals surface area contributed by atoms with Gasteiger partial charge in [0.05, 0.1) is 17.2 Å². The summed E-state index contributed by atoms with van der Waals surface area (Å²) in [5.74, 6) is -1.18. The summed E-state index contributed by atoms with van der Waals surface area (Å²) in [5.41, 5.74) is -0.144. The van der Waals surface area contributed by atoms with Gasteiger partial charge in [-0.15, -0.1) is 0 Å². The molecule has 1 aliphatic heterocycles. The first-order chi connectivity index (χ1) is 23.9. The SMILES string of the molecule is C=C(CO)C(=O)N1CCN(c2ncnc3c(F)c(-c4c(F)cccc4O[Si](c4ccccc4)(c4ccccc4)C(C)(C)C)c(Cl)cc23)[C@@H](C)C1. The lowest BCUT2D eigenvalue weighted by Crippen LogP contribution is -2.68. The summed E-state index contributed by atoms with van der Waals surface area (Å²) in [6.45, 7) is 12.6. The molecule has 0 bridgehead atoms. The number of hydrogen-bond acceptors (Lipinski definition) is 6. The van der Waals surface area contributed by atoms with Crippen LogP contribution in [-0.2, 0) is 4.79 Å². The van der Waals surface area contributed by atoms with Gasteiger partial charge in [0, 0.05) is 42.2 Å². The molecule has 1 N–H and O–H groups in total. The van der Waals surface area contributed by atoms with Gasteiger partial charge in [-0.2, -0.15) is 0 Å². The first-order valence-electron chi connectivity index (χ1n) is 16.4. The molecule has 258 valence electrons. The van der Waals surface area contributed by atoms with Crippen molar-refractivity contribution >= 4 is 52.9 Å². The summed E-state index contributed by atoms with van der Waals surface area (Å²) in [7, 11) is -3.24. The molecular weight excluding hydrogens is 674 g/mol. The number of aliphatic hydroxyl groups excluding tert-OH is 1. The van der Waals surface area contributed by atoms with Crippen molar-refractivity contribution in [2.45, 2.75) is 38.8 Å². The molecule has 50 heavy (non-hydrogen) atoms. The fourth-order valence-electron chi connectivity index (χ4n) is 6.97. The van der Waals surface area contributed by atoms with Gasteiger partial charge >= 0.3 is 8.32 Å². The molecular formula is C39H39ClF2N4O3Si. The fraction of sp³-hybridized carbons (Fsp3) is 0.256. The number of anilines is 1. The molecule has 1 aromatic heterocycles. The minimum Gasteiger partial charge on any atom is -0.533 e. The lowest BCUT2D eigenvalue weighted by Gasteiger charge is -2.43. The van der Waals surface area contributed by atoms with E-state index in [0.717, 1.165) is 10.4 Å². The number of nitrogens with zero attached hydrogens (tertiary/aromatic N) is 4. The smallest absolute Gasteiger partial charge is 0.319 e. The van der Waals surface area contributed by atoms with Gasteiger partial charge in [0.25, 0.3) is 5.91 Å². The summed E-state index contributed by atoms with van der Waals surface area (Å²) in [5, 5.41) is 11.2. The summed E-state index contributed by atoms with van der Waals surface area (Å²) >= 11 is 6.93. The molecule has 1 fully saturated rings. The summed E-state index contributed by atoms with van der Waals surface area (Å²) in [6.07, 6.45) is 1.28. The molecule has 0 saturated carbocycles. The molecule has 11 heteroatoms. The highest BCUT2D eigenvalue weighted by Gasteiger charge is 2.52. The van der Waals surface area contributed by atoms with Crippen LogP contribution in [0.5, 0.6) is 5.75 Å². The maximum atomic E-state index is 16.9.